The number of piperazine rings is 1. The first-order valence-electron chi connectivity index (χ1n) is 6.20. The Kier molecular flexibility index (Phi) is 3.16. The number of anilines is 1. The zero-order chi connectivity index (χ0) is 13.2. The highest BCUT2D eigenvalue weighted by molar-refractivity contribution is 5.63. The molecule has 0 aliphatic carbocycles. The van der Waals surface area contributed by atoms with Gasteiger partial charge in [-0.15, -0.1) is 0 Å². The second kappa shape index (κ2) is 4.97. The van der Waals surface area contributed by atoms with Crippen LogP contribution in [0.5, 0.6) is 0 Å². The summed E-state index contributed by atoms with van der Waals surface area (Å²) in [6.07, 6.45) is 0. The van der Waals surface area contributed by atoms with E-state index in [0.29, 0.717) is 11.3 Å². The molecule has 19 heavy (non-hydrogen) atoms. The molecule has 1 aromatic heterocycles. The van der Waals surface area contributed by atoms with Crippen molar-refractivity contribution in [3.05, 3.63) is 35.9 Å². The Hall–Kier alpha value is -1.95. The molecule has 3 rings (SSSR count). The van der Waals surface area contributed by atoms with E-state index in [1.54, 1.807) is 0 Å². The van der Waals surface area contributed by atoms with E-state index in [0.717, 1.165) is 38.1 Å². The number of aromatic nitrogens is 2. The van der Waals surface area contributed by atoms with Crippen LogP contribution in [0.3, 0.4) is 0 Å². The lowest BCUT2D eigenvalue weighted by atomic mass is 10.1. The average Bonchev–Trinajstić information content (AvgIpc) is 2.88. The first-order chi connectivity index (χ1) is 9.22. The second-order valence-electron chi connectivity index (χ2n) is 4.53. The van der Waals surface area contributed by atoms with E-state index >= 15 is 0 Å². The summed E-state index contributed by atoms with van der Waals surface area (Å²) in [5.41, 5.74) is 1.08. The van der Waals surface area contributed by atoms with E-state index in [1.165, 1.54) is 12.1 Å². The number of benzene rings is 1. The standard InChI is InChI=1S/C13H14F2N4/c14-10-5-9(6-11(15)7-10)12-8-13(18-17-12)19-3-1-16-2-4-19/h5-8,16H,1-4H2,(H,17,18). The van der Waals surface area contributed by atoms with Gasteiger partial charge in [0.2, 0.25) is 0 Å². The van der Waals surface area contributed by atoms with Gasteiger partial charge in [-0.1, -0.05) is 0 Å². The quantitative estimate of drug-likeness (QED) is 0.868. The Bertz CT molecular complexity index is 556. The molecule has 0 unspecified atom stereocenters. The molecular formula is C13H14F2N4. The van der Waals surface area contributed by atoms with Gasteiger partial charge in [0.05, 0.1) is 5.69 Å². The maximum Gasteiger partial charge on any atom is 0.151 e. The van der Waals surface area contributed by atoms with Gasteiger partial charge in [0, 0.05) is 43.9 Å². The third-order valence-electron chi connectivity index (χ3n) is 3.18. The van der Waals surface area contributed by atoms with E-state index in [2.05, 4.69) is 20.4 Å². The number of nitrogens with zero attached hydrogens (tertiary/aromatic N) is 2. The lowest BCUT2D eigenvalue weighted by molar-refractivity contribution is 0.584. The van der Waals surface area contributed by atoms with E-state index in [1.807, 2.05) is 6.07 Å². The van der Waals surface area contributed by atoms with Crippen molar-refractivity contribution in [2.45, 2.75) is 0 Å². The van der Waals surface area contributed by atoms with Crippen molar-refractivity contribution >= 4 is 5.82 Å². The molecule has 100 valence electrons. The monoisotopic (exact) mass is 264 g/mol. The Balaban J connectivity index is 1.87. The molecule has 2 N–H and O–H groups in total. The number of rotatable bonds is 2. The summed E-state index contributed by atoms with van der Waals surface area (Å²) in [7, 11) is 0. The molecule has 1 saturated heterocycles. The highest BCUT2D eigenvalue weighted by Crippen LogP contribution is 2.23. The number of halogens is 2. The van der Waals surface area contributed by atoms with Crippen molar-refractivity contribution in [2.75, 3.05) is 31.1 Å². The van der Waals surface area contributed by atoms with Crippen LogP contribution < -0.4 is 10.2 Å². The Morgan fingerprint density at radius 1 is 1.00 bits per heavy atom. The van der Waals surface area contributed by atoms with Gasteiger partial charge in [-0.3, -0.25) is 5.10 Å². The largest absolute Gasteiger partial charge is 0.353 e. The molecule has 1 aliphatic heterocycles. The van der Waals surface area contributed by atoms with Gasteiger partial charge in [-0.2, -0.15) is 5.10 Å². The van der Waals surface area contributed by atoms with Crippen LogP contribution >= 0.6 is 0 Å². The fourth-order valence-corrected chi connectivity index (χ4v) is 2.22. The first kappa shape index (κ1) is 12.1. The molecule has 4 nitrogen and oxygen atoms in total. The fraction of sp³-hybridized carbons (Fsp3) is 0.308. The molecule has 2 aromatic rings. The molecule has 0 spiro atoms. The summed E-state index contributed by atoms with van der Waals surface area (Å²) >= 11 is 0. The smallest absolute Gasteiger partial charge is 0.151 e. The lowest BCUT2D eigenvalue weighted by Gasteiger charge is -2.26. The van der Waals surface area contributed by atoms with Gasteiger partial charge in [-0.25, -0.2) is 8.78 Å². The van der Waals surface area contributed by atoms with Gasteiger partial charge in [-0.05, 0) is 12.1 Å². The van der Waals surface area contributed by atoms with Gasteiger partial charge in [0.25, 0.3) is 0 Å². The van der Waals surface area contributed by atoms with Crippen molar-refractivity contribution in [1.29, 1.82) is 0 Å². The SMILES string of the molecule is Fc1cc(F)cc(-c2cc(N3CCNCC3)n[nH]2)c1. The summed E-state index contributed by atoms with van der Waals surface area (Å²) in [5.74, 6) is -0.372. The van der Waals surface area contributed by atoms with Crippen molar-refractivity contribution in [2.24, 2.45) is 0 Å². The summed E-state index contributed by atoms with van der Waals surface area (Å²) in [4.78, 5) is 2.13. The number of hydrogen-bond acceptors (Lipinski definition) is 3. The van der Waals surface area contributed by atoms with Gasteiger partial charge in [0.15, 0.2) is 5.82 Å². The number of nitrogens with one attached hydrogen (secondary N) is 2. The van der Waals surface area contributed by atoms with Gasteiger partial charge in [0.1, 0.15) is 11.6 Å². The highest BCUT2D eigenvalue weighted by atomic mass is 19.1. The van der Waals surface area contributed by atoms with Crippen molar-refractivity contribution in [3.63, 3.8) is 0 Å². The van der Waals surface area contributed by atoms with Crippen LogP contribution in [0.25, 0.3) is 11.3 Å². The normalized spacial score (nSPS) is 15.8. The van der Waals surface area contributed by atoms with Gasteiger partial charge < -0.3 is 10.2 Å². The minimum absolute atomic E-state index is 0.464. The molecule has 0 amide bonds. The Morgan fingerprint density at radius 2 is 1.68 bits per heavy atom. The molecule has 0 atom stereocenters. The maximum atomic E-state index is 13.2. The van der Waals surface area contributed by atoms with Crippen molar-refractivity contribution in [3.8, 4) is 11.3 Å². The molecule has 0 saturated carbocycles. The number of hydrogen-bond donors (Lipinski definition) is 2. The molecule has 0 bridgehead atoms. The topological polar surface area (TPSA) is 44.0 Å². The van der Waals surface area contributed by atoms with Crippen LogP contribution in [0.4, 0.5) is 14.6 Å². The molecule has 2 heterocycles. The van der Waals surface area contributed by atoms with E-state index in [9.17, 15) is 8.78 Å². The third-order valence-corrected chi connectivity index (χ3v) is 3.18. The van der Waals surface area contributed by atoms with Crippen LogP contribution in [0.2, 0.25) is 0 Å². The molecule has 1 aliphatic rings. The highest BCUT2D eigenvalue weighted by Gasteiger charge is 2.14. The van der Waals surface area contributed by atoms with E-state index < -0.39 is 11.6 Å². The minimum Gasteiger partial charge on any atom is -0.353 e. The number of aromatic amines is 1. The minimum atomic E-state index is -0.590. The van der Waals surface area contributed by atoms with Crippen molar-refractivity contribution < 1.29 is 8.78 Å². The summed E-state index contributed by atoms with van der Waals surface area (Å²) in [6, 6.07) is 5.26. The Labute approximate surface area is 109 Å². The molecule has 1 fully saturated rings. The van der Waals surface area contributed by atoms with Crippen LogP contribution in [-0.2, 0) is 0 Å². The van der Waals surface area contributed by atoms with Crippen molar-refractivity contribution in [1.82, 2.24) is 15.5 Å². The average molecular weight is 264 g/mol. The van der Waals surface area contributed by atoms with Crippen LogP contribution in [0.15, 0.2) is 24.3 Å². The third kappa shape index (κ3) is 2.58. The predicted octanol–water partition coefficient (Wildman–Crippen LogP) is 1.76. The Morgan fingerprint density at radius 3 is 2.37 bits per heavy atom. The molecule has 6 heteroatoms. The van der Waals surface area contributed by atoms with E-state index in [-0.39, 0.29) is 0 Å². The summed E-state index contributed by atoms with van der Waals surface area (Å²) < 4.78 is 26.4. The van der Waals surface area contributed by atoms with E-state index in [4.69, 9.17) is 0 Å². The second-order valence-corrected chi connectivity index (χ2v) is 4.53. The zero-order valence-electron chi connectivity index (χ0n) is 10.3. The first-order valence-corrected chi connectivity index (χ1v) is 6.20. The number of H-pyrrole nitrogens is 1. The summed E-state index contributed by atoms with van der Waals surface area (Å²) in [5, 5.41) is 10.3. The zero-order valence-corrected chi connectivity index (χ0v) is 10.3. The fourth-order valence-electron chi connectivity index (χ4n) is 2.22. The van der Waals surface area contributed by atoms with Crippen LogP contribution in [-0.4, -0.2) is 36.4 Å². The lowest BCUT2D eigenvalue weighted by Crippen LogP contribution is -2.43. The van der Waals surface area contributed by atoms with Crippen LogP contribution in [0.1, 0.15) is 0 Å². The molecule has 1 aromatic carbocycles. The van der Waals surface area contributed by atoms with Crippen LogP contribution in [0, 0.1) is 11.6 Å². The molecular weight excluding hydrogens is 250 g/mol. The van der Waals surface area contributed by atoms with Gasteiger partial charge >= 0.3 is 0 Å². The maximum absolute atomic E-state index is 13.2. The predicted molar refractivity (Wildman–Crippen MR) is 69.0 cm³/mol. The summed E-state index contributed by atoms with van der Waals surface area (Å²) in [6.45, 7) is 3.58. The molecule has 0 radical (unpaired) electrons.